The van der Waals surface area contributed by atoms with Gasteiger partial charge in [0.25, 0.3) is 0 Å². The highest BCUT2D eigenvalue weighted by molar-refractivity contribution is 5.90. The number of likely N-dealkylation sites (tertiary alicyclic amines) is 1. The van der Waals surface area contributed by atoms with Gasteiger partial charge in [0.15, 0.2) is 0 Å². The van der Waals surface area contributed by atoms with Crippen LogP contribution in [0.5, 0.6) is 0 Å². The summed E-state index contributed by atoms with van der Waals surface area (Å²) < 4.78 is 0. The SMILES string of the molecule is CNC(=O)C[C@@H]1CN(C(=O)Nc2cncc3c2CCC3)C[C@H]1O. The molecule has 3 N–H and O–H groups in total. The lowest BCUT2D eigenvalue weighted by molar-refractivity contribution is -0.122. The Hall–Kier alpha value is -2.15. The first-order valence-corrected chi connectivity index (χ1v) is 7.98. The first-order chi connectivity index (χ1) is 11.1. The number of aliphatic hydroxyl groups is 1. The fourth-order valence-electron chi connectivity index (χ4n) is 3.36. The number of pyridine rings is 1. The monoisotopic (exact) mass is 318 g/mol. The molecule has 1 fully saturated rings. The van der Waals surface area contributed by atoms with E-state index in [4.69, 9.17) is 0 Å². The molecule has 23 heavy (non-hydrogen) atoms. The third-order valence-corrected chi connectivity index (χ3v) is 4.68. The van der Waals surface area contributed by atoms with Gasteiger partial charge in [-0.05, 0) is 30.4 Å². The summed E-state index contributed by atoms with van der Waals surface area (Å²) in [7, 11) is 1.57. The highest BCUT2D eigenvalue weighted by Gasteiger charge is 2.35. The highest BCUT2D eigenvalue weighted by atomic mass is 16.3. The number of rotatable bonds is 3. The lowest BCUT2D eigenvalue weighted by atomic mass is 10.0. The van der Waals surface area contributed by atoms with Crippen molar-refractivity contribution in [3.05, 3.63) is 23.5 Å². The summed E-state index contributed by atoms with van der Waals surface area (Å²) >= 11 is 0. The van der Waals surface area contributed by atoms with Crippen molar-refractivity contribution in [2.45, 2.75) is 31.8 Å². The maximum atomic E-state index is 12.4. The van der Waals surface area contributed by atoms with Gasteiger partial charge in [-0.2, -0.15) is 0 Å². The summed E-state index contributed by atoms with van der Waals surface area (Å²) in [6.07, 6.45) is 6.13. The molecule has 0 unspecified atom stereocenters. The van der Waals surface area contributed by atoms with Crippen molar-refractivity contribution in [2.75, 3.05) is 25.5 Å². The van der Waals surface area contributed by atoms with E-state index in [2.05, 4.69) is 15.6 Å². The number of hydrogen-bond acceptors (Lipinski definition) is 4. The molecule has 0 aromatic carbocycles. The van der Waals surface area contributed by atoms with Crippen LogP contribution in [0.2, 0.25) is 0 Å². The van der Waals surface area contributed by atoms with Crippen LogP contribution in [0.4, 0.5) is 10.5 Å². The number of carbonyl (C=O) groups excluding carboxylic acids is 2. The number of anilines is 1. The van der Waals surface area contributed by atoms with E-state index in [9.17, 15) is 14.7 Å². The molecule has 0 radical (unpaired) electrons. The fraction of sp³-hybridized carbons (Fsp3) is 0.562. The van der Waals surface area contributed by atoms with E-state index in [1.165, 1.54) is 5.56 Å². The lowest BCUT2D eigenvalue weighted by Crippen LogP contribution is -2.34. The molecule has 3 rings (SSSR count). The molecule has 1 aliphatic heterocycles. The van der Waals surface area contributed by atoms with Crippen molar-refractivity contribution in [3.63, 3.8) is 0 Å². The zero-order valence-corrected chi connectivity index (χ0v) is 13.2. The van der Waals surface area contributed by atoms with Crippen LogP contribution < -0.4 is 10.6 Å². The second-order valence-corrected chi connectivity index (χ2v) is 6.22. The molecular weight excluding hydrogens is 296 g/mol. The summed E-state index contributed by atoms with van der Waals surface area (Å²) in [5, 5.41) is 15.5. The van der Waals surface area contributed by atoms with E-state index < -0.39 is 6.10 Å². The zero-order chi connectivity index (χ0) is 16.4. The summed E-state index contributed by atoms with van der Waals surface area (Å²) in [6.45, 7) is 0.624. The zero-order valence-electron chi connectivity index (χ0n) is 13.2. The molecular formula is C16H22N4O3. The molecule has 2 atom stereocenters. The van der Waals surface area contributed by atoms with Crippen LogP contribution in [0.15, 0.2) is 12.4 Å². The standard InChI is InChI=1S/C16H22N4O3/c1-17-15(22)5-11-8-20(9-14(11)21)16(23)19-13-7-18-6-10-3-2-4-12(10)13/h6-7,11,14,21H,2-5,8-9H2,1H3,(H,17,22)(H,19,23)/t11-,14-/m1/s1. The molecule has 7 heteroatoms. The molecule has 1 aliphatic carbocycles. The Morgan fingerprint density at radius 3 is 2.96 bits per heavy atom. The summed E-state index contributed by atoms with van der Waals surface area (Å²) in [5.74, 6) is -0.346. The van der Waals surface area contributed by atoms with Crippen LogP contribution in [0.1, 0.15) is 24.0 Å². The van der Waals surface area contributed by atoms with Gasteiger partial charge in [-0.25, -0.2) is 4.79 Å². The normalized spacial score (nSPS) is 22.8. The summed E-state index contributed by atoms with van der Waals surface area (Å²) in [4.78, 5) is 29.6. The number of aliphatic hydroxyl groups excluding tert-OH is 1. The molecule has 7 nitrogen and oxygen atoms in total. The molecule has 2 heterocycles. The van der Waals surface area contributed by atoms with Gasteiger partial charge in [-0.3, -0.25) is 9.78 Å². The summed E-state index contributed by atoms with van der Waals surface area (Å²) in [6, 6.07) is -0.245. The van der Waals surface area contributed by atoms with Crippen LogP contribution in [0.25, 0.3) is 0 Å². The molecule has 1 saturated heterocycles. The Kier molecular flexibility index (Phi) is 4.47. The first kappa shape index (κ1) is 15.7. The predicted molar refractivity (Wildman–Crippen MR) is 85.0 cm³/mol. The van der Waals surface area contributed by atoms with Gasteiger partial charge in [-0.1, -0.05) is 0 Å². The Labute approximate surface area is 135 Å². The Bertz CT molecular complexity index is 619. The Balaban J connectivity index is 1.63. The molecule has 1 aromatic rings. The van der Waals surface area contributed by atoms with Crippen LogP contribution in [-0.4, -0.2) is 53.2 Å². The average Bonchev–Trinajstić information content (AvgIpc) is 3.15. The predicted octanol–water partition coefficient (Wildman–Crippen LogP) is 0.531. The number of nitrogens with zero attached hydrogens (tertiary/aromatic N) is 2. The van der Waals surface area contributed by atoms with Gasteiger partial charge in [-0.15, -0.1) is 0 Å². The van der Waals surface area contributed by atoms with Crippen LogP contribution in [0.3, 0.4) is 0 Å². The minimum atomic E-state index is -0.669. The maximum absolute atomic E-state index is 12.4. The smallest absolute Gasteiger partial charge is 0.321 e. The van der Waals surface area contributed by atoms with Crippen molar-refractivity contribution in [3.8, 4) is 0 Å². The van der Waals surface area contributed by atoms with Crippen molar-refractivity contribution in [1.29, 1.82) is 0 Å². The van der Waals surface area contributed by atoms with Crippen molar-refractivity contribution in [2.24, 2.45) is 5.92 Å². The van der Waals surface area contributed by atoms with E-state index in [1.54, 1.807) is 18.1 Å². The number of fused-ring (bicyclic) bond motifs is 1. The highest BCUT2D eigenvalue weighted by Crippen LogP contribution is 2.28. The molecule has 0 spiro atoms. The second kappa shape index (κ2) is 6.54. The Morgan fingerprint density at radius 2 is 2.17 bits per heavy atom. The van der Waals surface area contributed by atoms with Crippen LogP contribution in [0, 0.1) is 5.92 Å². The van der Waals surface area contributed by atoms with Gasteiger partial charge < -0.3 is 20.6 Å². The third-order valence-electron chi connectivity index (χ3n) is 4.68. The van der Waals surface area contributed by atoms with E-state index >= 15 is 0 Å². The molecule has 0 bridgehead atoms. The lowest BCUT2D eigenvalue weighted by Gasteiger charge is -2.18. The third kappa shape index (κ3) is 3.29. The largest absolute Gasteiger partial charge is 0.391 e. The van der Waals surface area contributed by atoms with Gasteiger partial charge in [0, 0.05) is 38.7 Å². The second-order valence-electron chi connectivity index (χ2n) is 6.22. The number of aromatic nitrogens is 1. The van der Waals surface area contributed by atoms with Crippen LogP contribution in [-0.2, 0) is 17.6 Å². The van der Waals surface area contributed by atoms with E-state index in [-0.39, 0.29) is 30.8 Å². The summed E-state index contributed by atoms with van der Waals surface area (Å²) in [5.41, 5.74) is 3.12. The first-order valence-electron chi connectivity index (χ1n) is 7.98. The number of amides is 3. The quantitative estimate of drug-likeness (QED) is 0.758. The van der Waals surface area contributed by atoms with Crippen molar-refractivity contribution < 1.29 is 14.7 Å². The number of β-amino-alcohol motifs (C(OH)–C–C–N with tert-alkyl or cyclic N) is 1. The Morgan fingerprint density at radius 1 is 1.35 bits per heavy atom. The molecule has 0 saturated carbocycles. The van der Waals surface area contributed by atoms with Gasteiger partial charge in [0.1, 0.15) is 0 Å². The van der Waals surface area contributed by atoms with E-state index in [0.29, 0.717) is 6.54 Å². The number of nitrogens with one attached hydrogen (secondary N) is 2. The molecule has 124 valence electrons. The minimum Gasteiger partial charge on any atom is -0.391 e. The van der Waals surface area contributed by atoms with E-state index in [0.717, 1.165) is 30.5 Å². The van der Waals surface area contributed by atoms with Gasteiger partial charge in [0.05, 0.1) is 18.0 Å². The van der Waals surface area contributed by atoms with Gasteiger partial charge in [0.2, 0.25) is 5.91 Å². The van der Waals surface area contributed by atoms with Crippen molar-refractivity contribution in [1.82, 2.24) is 15.2 Å². The number of aryl methyl sites for hydroxylation is 1. The topological polar surface area (TPSA) is 94.6 Å². The number of urea groups is 1. The van der Waals surface area contributed by atoms with Gasteiger partial charge >= 0.3 is 6.03 Å². The fourth-order valence-corrected chi connectivity index (χ4v) is 3.36. The number of hydrogen-bond donors (Lipinski definition) is 3. The number of carbonyl (C=O) groups is 2. The van der Waals surface area contributed by atoms with E-state index in [1.807, 2.05) is 6.20 Å². The minimum absolute atomic E-state index is 0.124. The molecule has 1 aromatic heterocycles. The van der Waals surface area contributed by atoms with Crippen LogP contribution >= 0.6 is 0 Å². The molecule has 2 aliphatic rings. The molecule has 3 amide bonds. The van der Waals surface area contributed by atoms with Crippen molar-refractivity contribution >= 4 is 17.6 Å². The average molecular weight is 318 g/mol. The maximum Gasteiger partial charge on any atom is 0.321 e.